The van der Waals surface area contributed by atoms with Gasteiger partial charge in [0.15, 0.2) is 0 Å². The minimum Gasteiger partial charge on any atom is -0.495 e. The van der Waals surface area contributed by atoms with Gasteiger partial charge in [0.05, 0.1) is 18.9 Å². The molecular formula is C14H20N2O. The highest BCUT2D eigenvalue weighted by Crippen LogP contribution is 2.35. The fourth-order valence-corrected chi connectivity index (χ4v) is 1.86. The number of hydrogen-bond donors (Lipinski definition) is 0. The number of methoxy groups -OCH3 is 1. The molecule has 0 bridgehead atoms. The molecule has 0 spiro atoms. The first kappa shape index (κ1) is 13.4. The van der Waals surface area contributed by atoms with Crippen molar-refractivity contribution in [2.45, 2.75) is 33.2 Å². The van der Waals surface area contributed by atoms with Crippen LogP contribution in [0.25, 0.3) is 0 Å². The summed E-state index contributed by atoms with van der Waals surface area (Å²) in [5.41, 5.74) is 2.69. The third kappa shape index (κ3) is 2.52. The van der Waals surface area contributed by atoms with Gasteiger partial charge in [0, 0.05) is 7.05 Å². The highest BCUT2D eigenvalue weighted by Gasteiger charge is 2.26. The van der Waals surface area contributed by atoms with Gasteiger partial charge >= 0.3 is 0 Å². The zero-order valence-corrected chi connectivity index (χ0v) is 11.5. The highest BCUT2D eigenvalue weighted by atomic mass is 16.5. The molecule has 0 amide bonds. The van der Waals surface area contributed by atoms with Crippen molar-refractivity contribution < 1.29 is 4.74 Å². The van der Waals surface area contributed by atoms with E-state index in [4.69, 9.17) is 4.74 Å². The number of aryl methyl sites for hydroxylation is 2. The van der Waals surface area contributed by atoms with Gasteiger partial charge in [-0.25, -0.2) is 0 Å². The second-order valence-corrected chi connectivity index (χ2v) is 4.86. The molecule has 0 N–H and O–H groups in total. The predicted molar refractivity (Wildman–Crippen MR) is 70.6 cm³/mol. The summed E-state index contributed by atoms with van der Waals surface area (Å²) in [4.78, 5) is 1.96. The van der Waals surface area contributed by atoms with Crippen LogP contribution in [0.1, 0.15) is 25.0 Å². The molecule has 0 aromatic heterocycles. The maximum Gasteiger partial charge on any atom is 0.142 e. The van der Waals surface area contributed by atoms with Gasteiger partial charge in [0.2, 0.25) is 0 Å². The summed E-state index contributed by atoms with van der Waals surface area (Å²) in [6.45, 7) is 7.86. The van der Waals surface area contributed by atoms with Crippen LogP contribution in [-0.2, 0) is 0 Å². The number of hydrogen-bond acceptors (Lipinski definition) is 3. The lowest BCUT2D eigenvalue weighted by Crippen LogP contribution is -2.40. The number of nitrogens with zero attached hydrogens (tertiary/aromatic N) is 2. The van der Waals surface area contributed by atoms with Crippen LogP contribution in [0.5, 0.6) is 5.75 Å². The molecule has 0 unspecified atom stereocenters. The summed E-state index contributed by atoms with van der Waals surface area (Å²) in [6, 6.07) is 6.39. The minimum atomic E-state index is -0.562. The molecule has 17 heavy (non-hydrogen) atoms. The molecule has 0 aliphatic rings. The molecule has 3 nitrogen and oxygen atoms in total. The number of rotatable bonds is 3. The Morgan fingerprint density at radius 3 is 2.35 bits per heavy atom. The lowest BCUT2D eigenvalue weighted by Gasteiger charge is -2.33. The predicted octanol–water partition coefficient (Wildman–Crippen LogP) is 3.05. The van der Waals surface area contributed by atoms with Crippen LogP contribution in [0, 0.1) is 25.2 Å². The van der Waals surface area contributed by atoms with Gasteiger partial charge < -0.3 is 9.64 Å². The largest absolute Gasteiger partial charge is 0.495 e. The maximum absolute atomic E-state index is 9.20. The molecule has 92 valence electrons. The Labute approximate surface area is 104 Å². The topological polar surface area (TPSA) is 36.3 Å². The van der Waals surface area contributed by atoms with E-state index in [9.17, 15) is 5.26 Å². The van der Waals surface area contributed by atoms with Crippen molar-refractivity contribution in [2.75, 3.05) is 19.1 Å². The first-order valence-electron chi connectivity index (χ1n) is 5.64. The summed E-state index contributed by atoms with van der Waals surface area (Å²) in [5.74, 6) is 0.813. The molecular weight excluding hydrogens is 212 g/mol. The Kier molecular flexibility index (Phi) is 3.67. The average Bonchev–Trinajstić information content (AvgIpc) is 2.27. The summed E-state index contributed by atoms with van der Waals surface area (Å²) in [7, 11) is 3.58. The van der Waals surface area contributed by atoms with E-state index in [1.54, 1.807) is 7.11 Å². The van der Waals surface area contributed by atoms with E-state index >= 15 is 0 Å². The summed E-state index contributed by atoms with van der Waals surface area (Å²) in [6.07, 6.45) is 0. The molecule has 0 saturated heterocycles. The Balaban J connectivity index is 3.36. The van der Waals surface area contributed by atoms with E-state index in [2.05, 4.69) is 12.1 Å². The van der Waals surface area contributed by atoms with Crippen molar-refractivity contribution in [1.29, 1.82) is 5.26 Å². The van der Waals surface area contributed by atoms with E-state index in [-0.39, 0.29) is 0 Å². The van der Waals surface area contributed by atoms with E-state index in [0.29, 0.717) is 0 Å². The fourth-order valence-electron chi connectivity index (χ4n) is 1.86. The van der Waals surface area contributed by atoms with Gasteiger partial charge in [-0.3, -0.25) is 0 Å². The molecule has 0 aliphatic carbocycles. The van der Waals surface area contributed by atoms with E-state index < -0.39 is 5.54 Å². The lowest BCUT2D eigenvalue weighted by molar-refractivity contribution is 0.412. The lowest BCUT2D eigenvalue weighted by atomic mass is 10.0. The molecule has 1 aromatic carbocycles. The third-order valence-electron chi connectivity index (χ3n) is 3.08. The van der Waals surface area contributed by atoms with Gasteiger partial charge in [-0.1, -0.05) is 6.07 Å². The first-order valence-corrected chi connectivity index (χ1v) is 5.64. The summed E-state index contributed by atoms with van der Waals surface area (Å²) < 4.78 is 5.42. The molecule has 3 heteroatoms. The van der Waals surface area contributed by atoms with Crippen molar-refractivity contribution >= 4 is 5.69 Å². The van der Waals surface area contributed by atoms with Gasteiger partial charge in [-0.05, 0) is 44.9 Å². The normalized spacial score (nSPS) is 10.9. The van der Waals surface area contributed by atoms with Crippen molar-refractivity contribution in [2.24, 2.45) is 0 Å². The first-order chi connectivity index (χ1) is 7.83. The van der Waals surface area contributed by atoms with Crippen LogP contribution in [0.4, 0.5) is 5.69 Å². The van der Waals surface area contributed by atoms with Gasteiger partial charge in [-0.15, -0.1) is 0 Å². The molecule has 1 rings (SSSR count). The third-order valence-corrected chi connectivity index (χ3v) is 3.08. The van der Waals surface area contributed by atoms with Crippen molar-refractivity contribution in [3.05, 3.63) is 23.3 Å². The summed E-state index contributed by atoms with van der Waals surface area (Å²) in [5, 5.41) is 9.20. The van der Waals surface area contributed by atoms with Gasteiger partial charge in [0.1, 0.15) is 11.3 Å². The standard InChI is InChI=1S/C14H20N2O/c1-10-7-11(2)13(12(8-10)17-6)16(5)14(3,4)9-15/h7-8H,1-6H3. The monoisotopic (exact) mass is 232 g/mol. The second-order valence-electron chi connectivity index (χ2n) is 4.86. The van der Waals surface area contributed by atoms with Crippen molar-refractivity contribution in [3.8, 4) is 11.8 Å². The second kappa shape index (κ2) is 4.67. The van der Waals surface area contributed by atoms with Crippen LogP contribution < -0.4 is 9.64 Å². The molecule has 0 aliphatic heterocycles. The number of ether oxygens (including phenoxy) is 1. The number of nitriles is 1. The number of anilines is 1. The Morgan fingerprint density at radius 1 is 1.29 bits per heavy atom. The van der Waals surface area contributed by atoms with Crippen LogP contribution in [-0.4, -0.2) is 19.7 Å². The van der Waals surface area contributed by atoms with Crippen molar-refractivity contribution in [3.63, 3.8) is 0 Å². The molecule has 0 saturated carbocycles. The SMILES string of the molecule is COc1cc(C)cc(C)c1N(C)C(C)(C)C#N. The van der Waals surface area contributed by atoms with E-state index in [1.165, 1.54) is 0 Å². The summed E-state index contributed by atoms with van der Waals surface area (Å²) >= 11 is 0. The Hall–Kier alpha value is -1.69. The van der Waals surface area contributed by atoms with E-state index in [1.807, 2.05) is 45.7 Å². The van der Waals surface area contributed by atoms with Gasteiger partial charge in [-0.2, -0.15) is 5.26 Å². The molecule has 0 radical (unpaired) electrons. The Morgan fingerprint density at radius 2 is 1.88 bits per heavy atom. The quantitative estimate of drug-likeness (QED) is 0.803. The van der Waals surface area contributed by atoms with Crippen LogP contribution in [0.15, 0.2) is 12.1 Å². The van der Waals surface area contributed by atoms with Gasteiger partial charge in [0.25, 0.3) is 0 Å². The zero-order chi connectivity index (χ0) is 13.2. The number of benzene rings is 1. The van der Waals surface area contributed by atoms with E-state index in [0.717, 1.165) is 22.6 Å². The van der Waals surface area contributed by atoms with Crippen molar-refractivity contribution in [1.82, 2.24) is 0 Å². The van der Waals surface area contributed by atoms with Crippen LogP contribution >= 0.6 is 0 Å². The molecule has 0 fully saturated rings. The maximum atomic E-state index is 9.20. The molecule has 1 aromatic rings. The Bertz CT molecular complexity index is 458. The van der Waals surface area contributed by atoms with Crippen LogP contribution in [0.2, 0.25) is 0 Å². The van der Waals surface area contributed by atoms with Crippen LogP contribution in [0.3, 0.4) is 0 Å². The average molecular weight is 232 g/mol. The zero-order valence-electron chi connectivity index (χ0n) is 11.5. The minimum absolute atomic E-state index is 0.562. The highest BCUT2D eigenvalue weighted by molar-refractivity contribution is 5.66. The fraction of sp³-hybridized carbons (Fsp3) is 0.500. The molecule has 0 heterocycles. The molecule has 0 atom stereocenters. The smallest absolute Gasteiger partial charge is 0.142 e.